The monoisotopic (exact) mass is 291 g/mol. The molecule has 6 nitrogen and oxygen atoms in total. The van der Waals surface area contributed by atoms with Crippen molar-refractivity contribution in [1.29, 1.82) is 0 Å². The summed E-state index contributed by atoms with van der Waals surface area (Å²) in [6.07, 6.45) is -0.684. The van der Waals surface area contributed by atoms with Gasteiger partial charge < -0.3 is 20.3 Å². The first kappa shape index (κ1) is 15.5. The summed E-state index contributed by atoms with van der Waals surface area (Å²) in [7, 11) is 3.08. The Morgan fingerprint density at radius 1 is 1.38 bits per heavy atom. The first-order valence-electron chi connectivity index (χ1n) is 6.99. The Hall–Kier alpha value is -1.92. The van der Waals surface area contributed by atoms with Crippen LogP contribution in [0.4, 0.5) is 0 Å². The SMILES string of the molecule is CNC(=O)C1CNCCN1C(=O)C(OC)c1ccccc1. The van der Waals surface area contributed by atoms with E-state index in [-0.39, 0.29) is 11.8 Å². The molecule has 1 aromatic carbocycles. The van der Waals surface area contributed by atoms with Crippen LogP contribution in [0.15, 0.2) is 30.3 Å². The van der Waals surface area contributed by atoms with E-state index < -0.39 is 12.1 Å². The third-order valence-electron chi connectivity index (χ3n) is 3.64. The van der Waals surface area contributed by atoms with Crippen molar-refractivity contribution in [3.63, 3.8) is 0 Å². The van der Waals surface area contributed by atoms with Crippen molar-refractivity contribution in [3.8, 4) is 0 Å². The summed E-state index contributed by atoms with van der Waals surface area (Å²) in [6.45, 7) is 1.62. The summed E-state index contributed by atoms with van der Waals surface area (Å²) in [5.74, 6) is -0.350. The van der Waals surface area contributed by atoms with Crippen LogP contribution in [0.25, 0.3) is 0 Å². The summed E-state index contributed by atoms with van der Waals surface area (Å²) in [4.78, 5) is 26.3. The van der Waals surface area contributed by atoms with Crippen LogP contribution < -0.4 is 10.6 Å². The number of benzene rings is 1. The normalized spacial score (nSPS) is 19.9. The maximum absolute atomic E-state index is 12.8. The van der Waals surface area contributed by atoms with Crippen LogP contribution in [-0.2, 0) is 14.3 Å². The largest absolute Gasteiger partial charge is 0.367 e. The molecule has 0 aromatic heterocycles. The van der Waals surface area contributed by atoms with Gasteiger partial charge in [0.15, 0.2) is 6.10 Å². The Morgan fingerprint density at radius 3 is 2.71 bits per heavy atom. The lowest BCUT2D eigenvalue weighted by molar-refractivity contribution is -0.150. The van der Waals surface area contributed by atoms with E-state index >= 15 is 0 Å². The Balaban J connectivity index is 2.21. The van der Waals surface area contributed by atoms with Gasteiger partial charge in [-0.1, -0.05) is 30.3 Å². The van der Waals surface area contributed by atoms with E-state index in [0.29, 0.717) is 19.6 Å². The number of amides is 2. The van der Waals surface area contributed by atoms with Crippen molar-refractivity contribution < 1.29 is 14.3 Å². The highest BCUT2D eigenvalue weighted by Crippen LogP contribution is 2.21. The van der Waals surface area contributed by atoms with Gasteiger partial charge >= 0.3 is 0 Å². The van der Waals surface area contributed by atoms with Gasteiger partial charge in [-0.2, -0.15) is 0 Å². The van der Waals surface area contributed by atoms with Gasteiger partial charge in [0.25, 0.3) is 5.91 Å². The molecular weight excluding hydrogens is 270 g/mol. The Kier molecular flexibility index (Phi) is 5.30. The van der Waals surface area contributed by atoms with Crippen molar-refractivity contribution in [1.82, 2.24) is 15.5 Å². The number of piperazine rings is 1. The van der Waals surface area contributed by atoms with Crippen LogP contribution in [0.5, 0.6) is 0 Å². The molecule has 0 bridgehead atoms. The molecule has 0 spiro atoms. The van der Waals surface area contributed by atoms with Crippen molar-refractivity contribution in [2.45, 2.75) is 12.1 Å². The van der Waals surface area contributed by atoms with E-state index in [9.17, 15) is 9.59 Å². The van der Waals surface area contributed by atoms with Gasteiger partial charge in [0, 0.05) is 33.8 Å². The highest BCUT2D eigenvalue weighted by Gasteiger charge is 2.35. The van der Waals surface area contributed by atoms with Crippen LogP contribution in [0.2, 0.25) is 0 Å². The molecule has 1 aromatic rings. The van der Waals surface area contributed by atoms with E-state index in [1.54, 1.807) is 11.9 Å². The summed E-state index contributed by atoms with van der Waals surface area (Å²) in [5.41, 5.74) is 0.791. The highest BCUT2D eigenvalue weighted by atomic mass is 16.5. The van der Waals surface area contributed by atoms with Gasteiger partial charge in [-0.05, 0) is 5.56 Å². The fourth-order valence-electron chi connectivity index (χ4n) is 2.53. The first-order chi connectivity index (χ1) is 10.2. The zero-order chi connectivity index (χ0) is 15.2. The second-order valence-electron chi connectivity index (χ2n) is 4.89. The number of methoxy groups -OCH3 is 1. The van der Waals surface area contributed by atoms with Gasteiger partial charge in [0.05, 0.1) is 0 Å². The van der Waals surface area contributed by atoms with Crippen molar-refractivity contribution in [2.75, 3.05) is 33.8 Å². The van der Waals surface area contributed by atoms with Crippen molar-refractivity contribution in [3.05, 3.63) is 35.9 Å². The van der Waals surface area contributed by atoms with E-state index in [2.05, 4.69) is 10.6 Å². The maximum Gasteiger partial charge on any atom is 0.257 e. The fourth-order valence-corrected chi connectivity index (χ4v) is 2.53. The third kappa shape index (κ3) is 3.40. The summed E-state index contributed by atoms with van der Waals surface area (Å²) >= 11 is 0. The zero-order valence-electron chi connectivity index (χ0n) is 12.3. The Bertz CT molecular complexity index is 492. The minimum atomic E-state index is -0.684. The smallest absolute Gasteiger partial charge is 0.257 e. The highest BCUT2D eigenvalue weighted by molar-refractivity contribution is 5.90. The quantitative estimate of drug-likeness (QED) is 0.814. The number of hydrogen-bond acceptors (Lipinski definition) is 4. The van der Waals surface area contributed by atoms with E-state index in [0.717, 1.165) is 5.56 Å². The third-order valence-corrected chi connectivity index (χ3v) is 3.64. The van der Waals surface area contributed by atoms with E-state index in [1.807, 2.05) is 30.3 Å². The number of carbonyl (C=O) groups is 2. The zero-order valence-corrected chi connectivity index (χ0v) is 12.3. The molecule has 114 valence electrons. The predicted octanol–water partition coefficient (Wildman–Crippen LogP) is -0.0795. The van der Waals surface area contributed by atoms with E-state index in [4.69, 9.17) is 4.74 Å². The predicted molar refractivity (Wildman–Crippen MR) is 78.6 cm³/mol. The standard InChI is InChI=1S/C15H21N3O3/c1-16-14(19)12-10-17-8-9-18(12)15(20)13(21-2)11-6-4-3-5-7-11/h3-7,12-13,17H,8-10H2,1-2H3,(H,16,19). The van der Waals surface area contributed by atoms with Gasteiger partial charge in [0.1, 0.15) is 6.04 Å². The number of nitrogens with zero attached hydrogens (tertiary/aromatic N) is 1. The molecule has 1 aliphatic heterocycles. The number of ether oxygens (including phenoxy) is 1. The lowest BCUT2D eigenvalue weighted by Crippen LogP contribution is -2.60. The van der Waals surface area contributed by atoms with Crippen LogP contribution in [0, 0.1) is 0 Å². The maximum atomic E-state index is 12.8. The van der Waals surface area contributed by atoms with Gasteiger partial charge in [0.2, 0.25) is 5.91 Å². The second-order valence-corrected chi connectivity index (χ2v) is 4.89. The molecule has 2 atom stereocenters. The van der Waals surface area contributed by atoms with Gasteiger partial charge in [-0.25, -0.2) is 0 Å². The number of nitrogens with one attached hydrogen (secondary N) is 2. The molecule has 1 saturated heterocycles. The number of likely N-dealkylation sites (N-methyl/N-ethyl adjacent to an activating group) is 1. The van der Waals surface area contributed by atoms with Gasteiger partial charge in [-0.15, -0.1) is 0 Å². The van der Waals surface area contributed by atoms with Crippen LogP contribution in [0.3, 0.4) is 0 Å². The molecule has 1 heterocycles. The molecule has 2 unspecified atom stereocenters. The number of carbonyl (C=O) groups excluding carboxylic acids is 2. The molecular formula is C15H21N3O3. The molecule has 0 aliphatic carbocycles. The van der Waals surface area contributed by atoms with Crippen LogP contribution >= 0.6 is 0 Å². The molecule has 1 aliphatic rings. The Morgan fingerprint density at radius 2 is 2.10 bits per heavy atom. The van der Waals surface area contributed by atoms with Crippen LogP contribution in [-0.4, -0.2) is 56.5 Å². The summed E-state index contributed by atoms with van der Waals surface area (Å²) in [5, 5.41) is 5.74. The summed E-state index contributed by atoms with van der Waals surface area (Å²) < 4.78 is 5.37. The van der Waals surface area contributed by atoms with E-state index in [1.165, 1.54) is 7.11 Å². The fraction of sp³-hybridized carbons (Fsp3) is 0.467. The van der Waals surface area contributed by atoms with Crippen molar-refractivity contribution >= 4 is 11.8 Å². The lowest BCUT2D eigenvalue weighted by Gasteiger charge is -2.36. The van der Waals surface area contributed by atoms with Gasteiger partial charge in [-0.3, -0.25) is 9.59 Å². The molecule has 2 amide bonds. The Labute approximate surface area is 124 Å². The summed E-state index contributed by atoms with van der Waals surface area (Å²) in [6, 6.07) is 8.81. The average molecular weight is 291 g/mol. The minimum absolute atomic E-state index is 0.168. The molecule has 0 saturated carbocycles. The molecule has 0 radical (unpaired) electrons. The molecule has 21 heavy (non-hydrogen) atoms. The number of rotatable bonds is 4. The average Bonchev–Trinajstić information content (AvgIpc) is 2.55. The lowest BCUT2D eigenvalue weighted by atomic mass is 10.1. The molecule has 2 rings (SSSR count). The number of hydrogen-bond donors (Lipinski definition) is 2. The van der Waals surface area contributed by atoms with Crippen LogP contribution in [0.1, 0.15) is 11.7 Å². The second kappa shape index (κ2) is 7.19. The van der Waals surface area contributed by atoms with Crippen molar-refractivity contribution in [2.24, 2.45) is 0 Å². The molecule has 6 heteroatoms. The topological polar surface area (TPSA) is 70.7 Å². The molecule has 2 N–H and O–H groups in total. The first-order valence-corrected chi connectivity index (χ1v) is 6.99. The minimum Gasteiger partial charge on any atom is -0.367 e. The molecule has 1 fully saturated rings.